The number of pyridine rings is 1. The Labute approximate surface area is 227 Å². The van der Waals surface area contributed by atoms with E-state index < -0.39 is 21.8 Å². The number of sulfonamides is 1. The molecule has 1 aliphatic rings. The van der Waals surface area contributed by atoms with Gasteiger partial charge in [-0.2, -0.15) is 13.2 Å². The maximum atomic E-state index is 13.6. The maximum absolute atomic E-state index is 13.6. The number of hydrogen-bond donors (Lipinski definition) is 1. The summed E-state index contributed by atoms with van der Waals surface area (Å²) in [5, 5.41) is 0. The van der Waals surface area contributed by atoms with E-state index in [2.05, 4.69) is 9.71 Å². The van der Waals surface area contributed by atoms with Crippen LogP contribution in [0.5, 0.6) is 11.5 Å². The number of nitrogens with zero attached hydrogens (tertiary/aromatic N) is 2. The van der Waals surface area contributed by atoms with Crippen molar-refractivity contribution in [3.05, 3.63) is 76.6 Å². The lowest BCUT2D eigenvalue weighted by Crippen LogP contribution is -2.30. The Morgan fingerprint density at radius 3 is 2.46 bits per heavy atom. The summed E-state index contributed by atoms with van der Waals surface area (Å²) in [5.74, 6) is 1.20. The first-order chi connectivity index (χ1) is 18.4. The van der Waals surface area contributed by atoms with E-state index in [0.29, 0.717) is 37.4 Å². The number of benzene rings is 2. The Balaban J connectivity index is 1.59. The molecule has 1 atom stereocenters. The third-order valence-electron chi connectivity index (χ3n) is 6.96. The fourth-order valence-electron chi connectivity index (χ4n) is 4.91. The molecule has 1 unspecified atom stereocenters. The highest BCUT2D eigenvalue weighted by molar-refractivity contribution is 7.89. The fourth-order valence-corrected chi connectivity index (χ4v) is 6.19. The Bertz CT molecular complexity index is 1440. The monoisotopic (exact) mass is 563 g/mol. The van der Waals surface area contributed by atoms with Gasteiger partial charge < -0.3 is 14.4 Å². The van der Waals surface area contributed by atoms with Crippen LogP contribution in [0.2, 0.25) is 0 Å². The van der Waals surface area contributed by atoms with Crippen molar-refractivity contribution in [3.8, 4) is 11.5 Å². The predicted molar refractivity (Wildman–Crippen MR) is 143 cm³/mol. The molecule has 3 aromatic rings. The molecule has 210 valence electrons. The Morgan fingerprint density at radius 2 is 1.79 bits per heavy atom. The molecule has 0 amide bonds. The zero-order valence-electron chi connectivity index (χ0n) is 22.3. The van der Waals surface area contributed by atoms with Crippen molar-refractivity contribution in [2.75, 3.05) is 38.8 Å². The van der Waals surface area contributed by atoms with Crippen molar-refractivity contribution in [3.63, 3.8) is 0 Å². The Kier molecular flexibility index (Phi) is 8.41. The van der Waals surface area contributed by atoms with Crippen LogP contribution in [-0.2, 0) is 22.6 Å². The van der Waals surface area contributed by atoms with E-state index in [9.17, 15) is 21.6 Å². The average molecular weight is 564 g/mol. The average Bonchev–Trinajstić information content (AvgIpc) is 3.39. The molecule has 4 rings (SSSR count). The lowest BCUT2D eigenvalue weighted by molar-refractivity contribution is -0.137. The topological polar surface area (TPSA) is 80.8 Å². The van der Waals surface area contributed by atoms with Crippen molar-refractivity contribution in [2.45, 2.75) is 43.7 Å². The van der Waals surface area contributed by atoms with Gasteiger partial charge >= 0.3 is 6.18 Å². The van der Waals surface area contributed by atoms with Gasteiger partial charge in [0, 0.05) is 43.9 Å². The van der Waals surface area contributed by atoms with Crippen molar-refractivity contribution >= 4 is 15.7 Å². The van der Waals surface area contributed by atoms with Gasteiger partial charge in [-0.25, -0.2) is 13.1 Å². The summed E-state index contributed by atoms with van der Waals surface area (Å²) >= 11 is 0. The minimum absolute atomic E-state index is 0.00316. The molecule has 2 aromatic carbocycles. The molecule has 0 saturated carbocycles. The maximum Gasteiger partial charge on any atom is 0.416 e. The number of methoxy groups -OCH3 is 2. The number of alkyl halides is 3. The van der Waals surface area contributed by atoms with Crippen LogP contribution in [0.4, 0.5) is 18.9 Å². The molecule has 0 radical (unpaired) electrons. The van der Waals surface area contributed by atoms with Gasteiger partial charge in [-0.15, -0.1) is 0 Å². The van der Waals surface area contributed by atoms with Gasteiger partial charge in [0.25, 0.3) is 0 Å². The van der Waals surface area contributed by atoms with Gasteiger partial charge in [0.1, 0.15) is 4.90 Å². The van der Waals surface area contributed by atoms with E-state index in [4.69, 9.17) is 9.47 Å². The third kappa shape index (κ3) is 6.47. The number of ether oxygens (including phenoxy) is 2. The molecule has 7 nitrogen and oxygen atoms in total. The zero-order valence-corrected chi connectivity index (χ0v) is 23.1. The van der Waals surface area contributed by atoms with Crippen LogP contribution in [0.3, 0.4) is 0 Å². The smallest absolute Gasteiger partial charge is 0.416 e. The largest absolute Gasteiger partial charge is 0.493 e. The Hall–Kier alpha value is -3.31. The normalized spacial score (nSPS) is 16.0. The fraction of sp³-hybridized carbons (Fsp3) is 0.393. The molecule has 1 aliphatic heterocycles. The number of rotatable bonds is 9. The standard InChI is InChI=1S/C28H32F3N3O4S/c1-18-13-19(2)23(32-16-18)9-11-33-39(35,36)27-15-22(28(29,30)31)6-7-24(27)34-12-10-21(17-34)20-5-8-25(37-3)26(14-20)38-4/h5-8,13-16,21,33H,9-12,17H2,1-4H3. The molecular weight excluding hydrogens is 531 g/mol. The van der Waals surface area contributed by atoms with Gasteiger partial charge in [0.05, 0.1) is 25.5 Å². The van der Waals surface area contributed by atoms with Gasteiger partial charge in [-0.3, -0.25) is 4.98 Å². The molecule has 1 aromatic heterocycles. The molecule has 1 fully saturated rings. The van der Waals surface area contributed by atoms with E-state index in [0.717, 1.165) is 34.5 Å². The first-order valence-corrected chi connectivity index (χ1v) is 14.0. The highest BCUT2D eigenvalue weighted by atomic mass is 32.2. The van der Waals surface area contributed by atoms with Crippen LogP contribution < -0.4 is 19.1 Å². The summed E-state index contributed by atoms with van der Waals surface area (Å²) in [6, 6.07) is 10.4. The van der Waals surface area contributed by atoms with E-state index in [-0.39, 0.29) is 23.0 Å². The summed E-state index contributed by atoms with van der Waals surface area (Å²) in [4.78, 5) is 5.78. The van der Waals surface area contributed by atoms with Crippen LogP contribution in [0.1, 0.15) is 40.3 Å². The van der Waals surface area contributed by atoms with Crippen LogP contribution in [-0.4, -0.2) is 47.3 Å². The Morgan fingerprint density at radius 1 is 1.05 bits per heavy atom. The first kappa shape index (κ1) is 28.7. The zero-order chi connectivity index (χ0) is 28.4. The SMILES string of the molecule is COc1ccc(C2CCN(c3ccc(C(F)(F)F)cc3S(=O)(=O)NCCc3ncc(C)cc3C)C2)cc1OC. The molecule has 0 aliphatic carbocycles. The molecule has 1 N–H and O–H groups in total. The van der Waals surface area contributed by atoms with E-state index in [1.807, 2.05) is 36.9 Å². The van der Waals surface area contributed by atoms with Crippen molar-refractivity contribution in [1.29, 1.82) is 0 Å². The molecule has 11 heteroatoms. The van der Waals surface area contributed by atoms with Crippen LogP contribution in [0, 0.1) is 13.8 Å². The van der Waals surface area contributed by atoms with Gasteiger partial charge in [0.2, 0.25) is 10.0 Å². The van der Waals surface area contributed by atoms with Crippen LogP contribution in [0.25, 0.3) is 0 Å². The van der Waals surface area contributed by atoms with Gasteiger partial charge in [0.15, 0.2) is 11.5 Å². The molecular formula is C28H32F3N3O4S. The second kappa shape index (κ2) is 11.4. The summed E-state index contributed by atoms with van der Waals surface area (Å²) in [5.41, 5.74) is 2.84. The lowest BCUT2D eigenvalue weighted by Gasteiger charge is -2.23. The van der Waals surface area contributed by atoms with Crippen LogP contribution in [0.15, 0.2) is 53.6 Å². The summed E-state index contributed by atoms with van der Waals surface area (Å²) in [6.45, 7) is 4.73. The van der Waals surface area contributed by atoms with E-state index >= 15 is 0 Å². The molecule has 2 heterocycles. The van der Waals surface area contributed by atoms with Crippen molar-refractivity contribution < 1.29 is 31.1 Å². The number of anilines is 1. The quantitative estimate of drug-likeness (QED) is 0.383. The molecule has 39 heavy (non-hydrogen) atoms. The predicted octanol–water partition coefficient (Wildman–Crippen LogP) is 5.25. The molecule has 0 bridgehead atoms. The highest BCUT2D eigenvalue weighted by Gasteiger charge is 2.35. The number of hydrogen-bond acceptors (Lipinski definition) is 6. The second-order valence-electron chi connectivity index (χ2n) is 9.65. The summed E-state index contributed by atoms with van der Waals surface area (Å²) in [7, 11) is -1.16. The van der Waals surface area contributed by atoms with E-state index in [1.165, 1.54) is 6.07 Å². The number of aromatic nitrogens is 1. The first-order valence-electron chi connectivity index (χ1n) is 12.5. The highest BCUT2D eigenvalue weighted by Crippen LogP contribution is 2.39. The minimum atomic E-state index is -4.68. The third-order valence-corrected chi connectivity index (χ3v) is 8.45. The number of aryl methyl sites for hydroxylation is 2. The van der Waals surface area contributed by atoms with Gasteiger partial charge in [-0.1, -0.05) is 12.1 Å². The minimum Gasteiger partial charge on any atom is -0.493 e. The summed E-state index contributed by atoms with van der Waals surface area (Å²) < 4.78 is 80.6. The number of halogens is 3. The molecule has 0 spiro atoms. The van der Waals surface area contributed by atoms with Crippen molar-refractivity contribution in [2.24, 2.45) is 0 Å². The summed E-state index contributed by atoms with van der Waals surface area (Å²) in [6.07, 6.45) is -1.98. The lowest BCUT2D eigenvalue weighted by atomic mass is 9.98. The second-order valence-corrected chi connectivity index (χ2v) is 11.4. The van der Waals surface area contributed by atoms with Gasteiger partial charge in [-0.05, 0) is 67.3 Å². The van der Waals surface area contributed by atoms with E-state index in [1.54, 1.807) is 26.5 Å². The molecule has 1 saturated heterocycles. The number of nitrogens with one attached hydrogen (secondary N) is 1. The van der Waals surface area contributed by atoms with Crippen LogP contribution >= 0.6 is 0 Å². The van der Waals surface area contributed by atoms with Crippen molar-refractivity contribution in [1.82, 2.24) is 9.71 Å².